The highest BCUT2D eigenvalue weighted by Crippen LogP contribution is 2.26. The van der Waals surface area contributed by atoms with Crippen molar-refractivity contribution >= 4 is 5.78 Å². The maximum atomic E-state index is 12.2. The van der Waals surface area contributed by atoms with Gasteiger partial charge in [-0.1, -0.05) is 20.8 Å². The fourth-order valence-corrected chi connectivity index (χ4v) is 2.62. The second-order valence-electron chi connectivity index (χ2n) is 7.60. The molecule has 0 amide bonds. The van der Waals surface area contributed by atoms with Crippen LogP contribution in [0.25, 0.3) is 0 Å². The minimum atomic E-state index is -2.01. The molecule has 0 radical (unpaired) electrons. The summed E-state index contributed by atoms with van der Waals surface area (Å²) in [6.45, 7) is 2.85. The molecule has 0 bridgehead atoms. The van der Waals surface area contributed by atoms with Crippen LogP contribution in [0.1, 0.15) is 20.8 Å². The molecule has 0 saturated carbocycles. The number of aliphatic hydroxyl groups excluding tert-OH is 8. The average Bonchev–Trinajstić information content (AvgIpc) is 2.62. The molecule has 0 aliphatic carbocycles. The van der Waals surface area contributed by atoms with Crippen LogP contribution in [0.5, 0.6) is 0 Å². The van der Waals surface area contributed by atoms with Crippen LogP contribution in [0.3, 0.4) is 0 Å². The summed E-state index contributed by atoms with van der Waals surface area (Å²) in [5, 5.41) is 78.2. The van der Waals surface area contributed by atoms with E-state index in [4.69, 9.17) is 9.47 Å². The number of carbonyl (C=O) groups is 1. The van der Waals surface area contributed by atoms with Crippen molar-refractivity contribution in [2.45, 2.75) is 75.9 Å². The molecule has 0 aromatic heterocycles. The standard InChI is InChI=1S/C16H30O11/c1-16(2,3)14(25)11(23)10(22)13(6(19)4-17)27-15-12(24)9(21)8(20)7(5-18)26-15/h6-13,15,17-24H,4-5H2,1-3H3/t6-,7-,8+,9+,10-,11-,12-,13-,15?/m1/s1. The molecule has 1 saturated heterocycles. The molecule has 1 aliphatic heterocycles. The van der Waals surface area contributed by atoms with Crippen molar-refractivity contribution in [1.82, 2.24) is 0 Å². The Hall–Kier alpha value is -0.730. The van der Waals surface area contributed by atoms with Crippen LogP contribution in [0.15, 0.2) is 0 Å². The summed E-state index contributed by atoms with van der Waals surface area (Å²) in [4.78, 5) is 12.2. The van der Waals surface area contributed by atoms with Crippen LogP contribution in [-0.4, -0.2) is 115 Å². The molecule has 1 unspecified atom stereocenters. The van der Waals surface area contributed by atoms with Crippen molar-refractivity contribution in [1.29, 1.82) is 0 Å². The third-order valence-electron chi connectivity index (χ3n) is 4.37. The van der Waals surface area contributed by atoms with Gasteiger partial charge in [-0.25, -0.2) is 0 Å². The van der Waals surface area contributed by atoms with Gasteiger partial charge in [0, 0.05) is 5.41 Å². The Bertz CT molecular complexity index is 477. The van der Waals surface area contributed by atoms with E-state index < -0.39 is 79.5 Å². The zero-order valence-electron chi connectivity index (χ0n) is 15.4. The molecule has 11 heteroatoms. The van der Waals surface area contributed by atoms with E-state index in [-0.39, 0.29) is 0 Å². The normalized spacial score (nSPS) is 34.0. The lowest BCUT2D eigenvalue weighted by molar-refractivity contribution is -0.326. The molecule has 1 fully saturated rings. The van der Waals surface area contributed by atoms with Gasteiger partial charge in [-0.2, -0.15) is 0 Å². The summed E-state index contributed by atoms with van der Waals surface area (Å²) in [5.41, 5.74) is -1.03. The fraction of sp³-hybridized carbons (Fsp3) is 0.938. The number of ketones is 1. The topological polar surface area (TPSA) is 197 Å². The minimum absolute atomic E-state index is 0.730. The number of hydrogen-bond acceptors (Lipinski definition) is 11. The molecule has 9 atom stereocenters. The van der Waals surface area contributed by atoms with Crippen LogP contribution in [-0.2, 0) is 14.3 Å². The van der Waals surface area contributed by atoms with E-state index >= 15 is 0 Å². The van der Waals surface area contributed by atoms with Gasteiger partial charge in [0.25, 0.3) is 0 Å². The molecule has 1 rings (SSSR count). The third kappa shape index (κ3) is 5.64. The van der Waals surface area contributed by atoms with Crippen LogP contribution in [0.4, 0.5) is 0 Å². The lowest BCUT2D eigenvalue weighted by atomic mass is 9.84. The predicted octanol–water partition coefficient (Wildman–Crippen LogP) is -4.14. The van der Waals surface area contributed by atoms with Crippen molar-refractivity contribution in [3.8, 4) is 0 Å². The lowest BCUT2D eigenvalue weighted by Crippen LogP contribution is -2.62. The van der Waals surface area contributed by atoms with E-state index in [0.717, 1.165) is 0 Å². The summed E-state index contributed by atoms with van der Waals surface area (Å²) >= 11 is 0. The molecule has 27 heavy (non-hydrogen) atoms. The molecular formula is C16H30O11. The summed E-state index contributed by atoms with van der Waals surface area (Å²) in [6.07, 6.45) is -15.9. The first-order valence-corrected chi connectivity index (χ1v) is 8.52. The summed E-state index contributed by atoms with van der Waals surface area (Å²) in [7, 11) is 0. The molecular weight excluding hydrogens is 368 g/mol. The van der Waals surface area contributed by atoms with Crippen LogP contribution >= 0.6 is 0 Å². The fourth-order valence-electron chi connectivity index (χ4n) is 2.62. The van der Waals surface area contributed by atoms with Gasteiger partial charge in [0.2, 0.25) is 0 Å². The molecule has 11 nitrogen and oxygen atoms in total. The Morgan fingerprint density at radius 1 is 1.04 bits per heavy atom. The van der Waals surface area contributed by atoms with E-state index in [1.807, 2.05) is 0 Å². The zero-order chi connectivity index (χ0) is 21.1. The van der Waals surface area contributed by atoms with Gasteiger partial charge in [-0.15, -0.1) is 0 Å². The van der Waals surface area contributed by atoms with Crippen LogP contribution < -0.4 is 0 Å². The highest BCUT2D eigenvalue weighted by atomic mass is 16.7. The first-order chi connectivity index (χ1) is 12.4. The van der Waals surface area contributed by atoms with Crippen molar-refractivity contribution in [3.63, 3.8) is 0 Å². The number of hydrogen-bond donors (Lipinski definition) is 8. The number of rotatable bonds is 8. The van der Waals surface area contributed by atoms with Crippen molar-refractivity contribution in [2.24, 2.45) is 5.41 Å². The SMILES string of the molecule is CC(C)(C)C(=O)[C@H](O)[C@@H](O)[C@H](OC1O[C@H](CO)[C@H](O)[C@H](O)[C@H]1O)[C@H](O)CO. The predicted molar refractivity (Wildman–Crippen MR) is 88.2 cm³/mol. The lowest BCUT2D eigenvalue weighted by Gasteiger charge is -2.42. The Kier molecular flexibility index (Phi) is 8.69. The van der Waals surface area contributed by atoms with Gasteiger partial charge < -0.3 is 50.3 Å². The third-order valence-corrected chi connectivity index (χ3v) is 4.37. The number of carbonyl (C=O) groups excluding carboxylic acids is 1. The Balaban J connectivity index is 3.02. The van der Waals surface area contributed by atoms with Crippen molar-refractivity contribution in [2.75, 3.05) is 13.2 Å². The Morgan fingerprint density at radius 3 is 2.04 bits per heavy atom. The molecule has 0 aromatic rings. The highest BCUT2D eigenvalue weighted by molar-refractivity contribution is 5.88. The number of ether oxygens (including phenoxy) is 2. The van der Waals surface area contributed by atoms with Crippen molar-refractivity contribution in [3.05, 3.63) is 0 Å². The number of aliphatic hydroxyl groups is 8. The minimum Gasteiger partial charge on any atom is -0.394 e. The van der Waals surface area contributed by atoms with Gasteiger partial charge in [-0.05, 0) is 0 Å². The quantitative estimate of drug-likeness (QED) is 0.197. The first kappa shape index (κ1) is 24.3. The smallest absolute Gasteiger partial charge is 0.187 e. The maximum Gasteiger partial charge on any atom is 0.187 e. The second kappa shape index (κ2) is 9.65. The first-order valence-electron chi connectivity index (χ1n) is 8.52. The molecule has 0 spiro atoms. The molecule has 8 N–H and O–H groups in total. The summed E-state index contributed by atoms with van der Waals surface area (Å²) in [6, 6.07) is 0. The van der Waals surface area contributed by atoms with Gasteiger partial charge in [0.1, 0.15) is 48.8 Å². The maximum absolute atomic E-state index is 12.2. The van der Waals surface area contributed by atoms with Gasteiger partial charge in [-0.3, -0.25) is 4.79 Å². The second-order valence-corrected chi connectivity index (χ2v) is 7.60. The molecule has 0 aromatic carbocycles. The van der Waals surface area contributed by atoms with Crippen LogP contribution in [0, 0.1) is 5.41 Å². The van der Waals surface area contributed by atoms with E-state index in [0.29, 0.717) is 0 Å². The van der Waals surface area contributed by atoms with E-state index in [9.17, 15) is 45.6 Å². The summed E-state index contributed by atoms with van der Waals surface area (Å²) in [5.74, 6) is -0.762. The molecule has 1 heterocycles. The van der Waals surface area contributed by atoms with E-state index in [2.05, 4.69) is 0 Å². The Morgan fingerprint density at radius 2 is 1.59 bits per heavy atom. The summed E-state index contributed by atoms with van der Waals surface area (Å²) < 4.78 is 10.3. The monoisotopic (exact) mass is 398 g/mol. The van der Waals surface area contributed by atoms with E-state index in [1.165, 1.54) is 20.8 Å². The van der Waals surface area contributed by atoms with E-state index in [1.54, 1.807) is 0 Å². The average molecular weight is 398 g/mol. The van der Waals surface area contributed by atoms with Crippen LogP contribution in [0.2, 0.25) is 0 Å². The van der Waals surface area contributed by atoms with Gasteiger partial charge in [0.05, 0.1) is 13.2 Å². The highest BCUT2D eigenvalue weighted by Gasteiger charge is 2.47. The zero-order valence-corrected chi connectivity index (χ0v) is 15.4. The molecule has 160 valence electrons. The van der Waals surface area contributed by atoms with Gasteiger partial charge in [0.15, 0.2) is 12.1 Å². The van der Waals surface area contributed by atoms with Crippen molar-refractivity contribution < 1.29 is 55.1 Å². The molecule has 1 aliphatic rings. The number of Topliss-reactive ketones (excluding diaryl/α,β-unsaturated/α-hetero) is 1. The van der Waals surface area contributed by atoms with Gasteiger partial charge >= 0.3 is 0 Å². The Labute approximate surface area is 156 Å². The largest absolute Gasteiger partial charge is 0.394 e.